The van der Waals surface area contributed by atoms with E-state index in [2.05, 4.69) is 4.99 Å². The Kier molecular flexibility index (Phi) is 6.17. The smallest absolute Gasteiger partial charge is 0.338 e. The largest absolute Gasteiger partial charge is 0.457 e. The molecular formula is C29H23N3O4S2. The number of para-hydroxylation sites is 1. The second-order valence-electron chi connectivity index (χ2n) is 8.92. The van der Waals surface area contributed by atoms with Gasteiger partial charge in [-0.15, -0.1) is 11.3 Å². The van der Waals surface area contributed by atoms with E-state index >= 15 is 0 Å². The number of hydrogen-bond acceptors (Lipinski definition) is 7. The lowest BCUT2D eigenvalue weighted by molar-refractivity contribution is -0.140. The Bertz CT molecular complexity index is 1780. The fourth-order valence-electron chi connectivity index (χ4n) is 4.96. The van der Waals surface area contributed by atoms with Crippen molar-refractivity contribution in [3.63, 3.8) is 0 Å². The summed E-state index contributed by atoms with van der Waals surface area (Å²) < 4.78 is 7.55. The molecule has 0 aliphatic carbocycles. The number of aromatic nitrogens is 1. The average molecular weight is 542 g/mol. The van der Waals surface area contributed by atoms with Gasteiger partial charge in [0.2, 0.25) is 0 Å². The van der Waals surface area contributed by atoms with Gasteiger partial charge in [-0.25, -0.2) is 9.79 Å². The molecule has 6 rings (SSSR count). The van der Waals surface area contributed by atoms with Gasteiger partial charge in [-0.2, -0.15) is 0 Å². The fourth-order valence-corrected chi connectivity index (χ4v) is 6.92. The maximum atomic E-state index is 14.1. The van der Waals surface area contributed by atoms with Crippen LogP contribution in [-0.4, -0.2) is 23.0 Å². The fraction of sp³-hybridized carbons (Fsp3) is 0.172. The van der Waals surface area contributed by atoms with Gasteiger partial charge < -0.3 is 9.64 Å². The number of thiophene rings is 1. The molecule has 0 radical (unpaired) electrons. The Hall–Kier alpha value is -4.08. The highest BCUT2D eigenvalue weighted by Gasteiger charge is 2.37. The van der Waals surface area contributed by atoms with E-state index in [9.17, 15) is 14.4 Å². The van der Waals surface area contributed by atoms with E-state index < -0.39 is 12.0 Å². The summed E-state index contributed by atoms with van der Waals surface area (Å²) in [6, 6.07) is 20.0. The van der Waals surface area contributed by atoms with E-state index in [0.717, 1.165) is 21.7 Å². The number of likely N-dealkylation sites (N-methyl/N-ethyl adjacent to an activating group) is 1. The molecule has 0 saturated carbocycles. The van der Waals surface area contributed by atoms with Crippen molar-refractivity contribution in [3.8, 4) is 0 Å². The Morgan fingerprint density at radius 3 is 2.53 bits per heavy atom. The third-order valence-corrected chi connectivity index (χ3v) is 8.69. The predicted octanol–water partition coefficient (Wildman–Crippen LogP) is 3.78. The molecule has 2 aliphatic rings. The zero-order valence-corrected chi connectivity index (χ0v) is 22.3. The molecule has 7 nitrogen and oxygen atoms in total. The third-order valence-electron chi connectivity index (χ3n) is 6.71. The number of carbonyl (C=O) groups is 2. The quantitative estimate of drug-likeness (QED) is 0.360. The SMILES string of the molecule is CCN1C(=O)C(=c2sc3n(c2=O)C(c2cccs2)C(C(=O)OCc2ccccc2)=C(C)N=3)c2ccccc21. The Morgan fingerprint density at radius 2 is 1.79 bits per heavy atom. The number of esters is 1. The van der Waals surface area contributed by atoms with Gasteiger partial charge in [0.1, 0.15) is 17.2 Å². The van der Waals surface area contributed by atoms with Crippen molar-refractivity contribution in [2.24, 2.45) is 4.99 Å². The molecule has 2 aromatic carbocycles. The number of benzene rings is 2. The van der Waals surface area contributed by atoms with Crippen molar-refractivity contribution in [1.29, 1.82) is 0 Å². The van der Waals surface area contributed by atoms with Crippen LogP contribution in [0.1, 0.15) is 35.9 Å². The van der Waals surface area contributed by atoms with Crippen molar-refractivity contribution in [3.05, 3.63) is 119 Å². The number of anilines is 1. The highest BCUT2D eigenvalue weighted by molar-refractivity contribution is 7.10. The van der Waals surface area contributed by atoms with Crippen molar-refractivity contribution in [2.45, 2.75) is 26.5 Å². The van der Waals surface area contributed by atoms with Gasteiger partial charge in [0.15, 0.2) is 4.80 Å². The second kappa shape index (κ2) is 9.66. The highest BCUT2D eigenvalue weighted by Crippen LogP contribution is 2.36. The van der Waals surface area contributed by atoms with Crippen LogP contribution in [0.3, 0.4) is 0 Å². The average Bonchev–Trinajstić information content (AvgIpc) is 3.63. The van der Waals surface area contributed by atoms with Crippen LogP contribution >= 0.6 is 22.7 Å². The maximum Gasteiger partial charge on any atom is 0.338 e. The number of rotatable bonds is 5. The topological polar surface area (TPSA) is 81.0 Å². The number of fused-ring (bicyclic) bond motifs is 2. The lowest BCUT2D eigenvalue weighted by Crippen LogP contribution is -2.40. The summed E-state index contributed by atoms with van der Waals surface area (Å²) in [5.41, 5.74) is 3.24. The van der Waals surface area contributed by atoms with Crippen LogP contribution in [0.25, 0.3) is 5.57 Å². The number of carbonyl (C=O) groups excluding carboxylic acids is 2. The van der Waals surface area contributed by atoms with E-state index in [1.54, 1.807) is 11.8 Å². The zero-order valence-electron chi connectivity index (χ0n) is 20.7. The Morgan fingerprint density at radius 1 is 1.03 bits per heavy atom. The predicted molar refractivity (Wildman–Crippen MR) is 148 cm³/mol. The molecule has 1 atom stereocenters. The molecule has 2 aliphatic heterocycles. The van der Waals surface area contributed by atoms with Crippen molar-refractivity contribution < 1.29 is 14.3 Å². The second-order valence-corrected chi connectivity index (χ2v) is 10.9. The minimum atomic E-state index is -0.696. The summed E-state index contributed by atoms with van der Waals surface area (Å²) in [7, 11) is 0. The van der Waals surface area contributed by atoms with Crippen molar-refractivity contribution >= 4 is 45.8 Å². The summed E-state index contributed by atoms with van der Waals surface area (Å²) in [4.78, 5) is 48.6. The number of hydrogen-bond donors (Lipinski definition) is 0. The molecule has 2 aromatic heterocycles. The molecule has 0 bridgehead atoms. The highest BCUT2D eigenvalue weighted by atomic mass is 32.1. The van der Waals surface area contributed by atoms with E-state index in [0.29, 0.717) is 32.7 Å². The van der Waals surface area contributed by atoms with Gasteiger partial charge in [-0.1, -0.05) is 65.9 Å². The normalized spacial score (nSPS) is 17.8. The maximum absolute atomic E-state index is 14.1. The van der Waals surface area contributed by atoms with E-state index in [-0.39, 0.29) is 18.1 Å². The van der Waals surface area contributed by atoms with Crippen LogP contribution in [0.2, 0.25) is 0 Å². The first-order valence-electron chi connectivity index (χ1n) is 12.2. The van der Waals surface area contributed by atoms with E-state index in [1.165, 1.54) is 27.2 Å². The standard InChI is InChI=1S/C29H23N3O4S2/c1-3-31-20-13-8-7-12-19(20)23(26(31)33)25-27(34)32-24(21-14-9-15-37-21)22(17(2)30-29(32)38-25)28(35)36-16-18-10-5-4-6-11-18/h4-15,24H,3,16H2,1-2H3. The van der Waals surface area contributed by atoms with Crippen LogP contribution in [0.15, 0.2) is 93.2 Å². The Balaban J connectivity index is 1.51. The monoisotopic (exact) mass is 541 g/mol. The molecule has 4 aromatic rings. The molecule has 0 spiro atoms. The molecule has 190 valence electrons. The molecule has 1 unspecified atom stereocenters. The lowest BCUT2D eigenvalue weighted by atomic mass is 10.0. The van der Waals surface area contributed by atoms with Gasteiger partial charge in [0.25, 0.3) is 11.5 Å². The first-order valence-corrected chi connectivity index (χ1v) is 13.9. The summed E-state index contributed by atoms with van der Waals surface area (Å²) >= 11 is 2.64. The Labute approximate surface area is 226 Å². The van der Waals surface area contributed by atoms with Crippen LogP contribution in [0, 0.1) is 0 Å². The molecule has 4 heterocycles. The molecule has 9 heteroatoms. The molecule has 38 heavy (non-hydrogen) atoms. The number of nitrogens with zero attached hydrogens (tertiary/aromatic N) is 3. The lowest BCUT2D eigenvalue weighted by Gasteiger charge is -2.23. The first-order chi connectivity index (χ1) is 18.5. The van der Waals surface area contributed by atoms with Crippen LogP contribution in [0.5, 0.6) is 0 Å². The van der Waals surface area contributed by atoms with Crippen LogP contribution in [0.4, 0.5) is 5.69 Å². The van der Waals surface area contributed by atoms with Gasteiger partial charge >= 0.3 is 5.97 Å². The summed E-state index contributed by atoms with van der Waals surface area (Å²) in [6.07, 6.45) is 0. The number of amides is 1. The summed E-state index contributed by atoms with van der Waals surface area (Å²) in [5.74, 6) is -0.726. The summed E-state index contributed by atoms with van der Waals surface area (Å²) in [5, 5.41) is 1.91. The summed E-state index contributed by atoms with van der Waals surface area (Å²) in [6.45, 7) is 4.27. The molecule has 0 fully saturated rings. The van der Waals surface area contributed by atoms with Gasteiger partial charge in [0.05, 0.1) is 22.5 Å². The van der Waals surface area contributed by atoms with Gasteiger partial charge in [0, 0.05) is 17.0 Å². The zero-order chi connectivity index (χ0) is 26.4. The number of ether oxygens (including phenoxy) is 1. The minimum Gasteiger partial charge on any atom is -0.457 e. The van der Waals surface area contributed by atoms with Gasteiger partial charge in [-0.05, 0) is 36.9 Å². The molecule has 0 saturated heterocycles. The van der Waals surface area contributed by atoms with Crippen molar-refractivity contribution in [1.82, 2.24) is 4.57 Å². The minimum absolute atomic E-state index is 0.111. The first kappa shape index (κ1) is 24.3. The van der Waals surface area contributed by atoms with E-state index in [1.807, 2.05) is 79.0 Å². The van der Waals surface area contributed by atoms with Crippen LogP contribution < -0.4 is 19.8 Å². The molecular weight excluding hydrogens is 518 g/mol. The molecule has 0 N–H and O–H groups in total. The van der Waals surface area contributed by atoms with E-state index in [4.69, 9.17) is 4.74 Å². The number of allylic oxidation sites excluding steroid dienone is 1. The van der Waals surface area contributed by atoms with Crippen molar-refractivity contribution in [2.75, 3.05) is 11.4 Å². The van der Waals surface area contributed by atoms with Crippen LogP contribution in [-0.2, 0) is 20.9 Å². The van der Waals surface area contributed by atoms with Gasteiger partial charge in [-0.3, -0.25) is 14.2 Å². The number of thiazole rings is 1. The molecule has 1 amide bonds. The third kappa shape index (κ3) is 3.86.